The van der Waals surface area contributed by atoms with Crippen molar-refractivity contribution in [2.45, 2.75) is 37.2 Å². The third-order valence-corrected chi connectivity index (χ3v) is 5.66. The highest BCUT2D eigenvalue weighted by Crippen LogP contribution is 2.21. The number of hydrogen-bond donors (Lipinski definition) is 1. The van der Waals surface area contributed by atoms with Crippen LogP contribution >= 0.6 is 11.8 Å². The Morgan fingerprint density at radius 3 is 2.69 bits per heavy atom. The number of nitrogens with zero attached hydrogens (tertiary/aromatic N) is 2. The number of carbonyl (C=O) groups excluding carboxylic acids is 1. The van der Waals surface area contributed by atoms with E-state index in [0.717, 1.165) is 5.56 Å². The van der Waals surface area contributed by atoms with Crippen molar-refractivity contribution in [2.24, 2.45) is 7.05 Å². The van der Waals surface area contributed by atoms with Crippen molar-refractivity contribution in [1.82, 2.24) is 14.9 Å². The summed E-state index contributed by atoms with van der Waals surface area (Å²) in [5, 5.41) is 2.83. The maximum absolute atomic E-state index is 13.1. The lowest BCUT2D eigenvalue weighted by Crippen LogP contribution is -2.32. The fourth-order valence-corrected chi connectivity index (χ4v) is 3.73. The minimum Gasteiger partial charge on any atom is -0.467 e. The molecule has 3 aromatic rings. The van der Waals surface area contributed by atoms with Crippen molar-refractivity contribution in [3.05, 3.63) is 81.4 Å². The Morgan fingerprint density at radius 2 is 2.03 bits per heavy atom. The van der Waals surface area contributed by atoms with Crippen LogP contribution in [0.2, 0.25) is 0 Å². The van der Waals surface area contributed by atoms with Gasteiger partial charge in [-0.25, -0.2) is 9.37 Å². The van der Waals surface area contributed by atoms with Gasteiger partial charge >= 0.3 is 0 Å². The Balaban J connectivity index is 1.72. The number of hydrogen-bond acceptors (Lipinski definition) is 5. The highest BCUT2D eigenvalue weighted by Gasteiger charge is 2.19. The summed E-state index contributed by atoms with van der Waals surface area (Å²) in [5.41, 5.74) is 1.81. The number of carbonyl (C=O) groups is 1. The number of thioether (sulfide) groups is 1. The Bertz CT molecular complexity index is 1050. The van der Waals surface area contributed by atoms with Crippen LogP contribution in [0.1, 0.15) is 29.5 Å². The second-order valence-electron chi connectivity index (χ2n) is 6.68. The summed E-state index contributed by atoms with van der Waals surface area (Å²) < 4.78 is 19.8. The molecule has 29 heavy (non-hydrogen) atoms. The fourth-order valence-electron chi connectivity index (χ4n) is 2.79. The average molecular weight is 415 g/mol. The number of aromatic nitrogens is 2. The third kappa shape index (κ3) is 5.14. The summed E-state index contributed by atoms with van der Waals surface area (Å²) in [4.78, 5) is 29.7. The van der Waals surface area contributed by atoms with E-state index in [-0.39, 0.29) is 17.3 Å². The van der Waals surface area contributed by atoms with Crippen LogP contribution in [0.3, 0.4) is 0 Å². The van der Waals surface area contributed by atoms with Gasteiger partial charge in [0.25, 0.3) is 5.56 Å². The molecule has 0 bridgehead atoms. The van der Waals surface area contributed by atoms with Gasteiger partial charge in [0.2, 0.25) is 5.91 Å². The molecule has 152 valence electrons. The van der Waals surface area contributed by atoms with E-state index in [1.54, 1.807) is 51.4 Å². The minimum absolute atomic E-state index is 0.173. The molecule has 0 spiro atoms. The number of rotatable bonds is 7. The molecule has 0 aliphatic heterocycles. The first-order valence-corrected chi connectivity index (χ1v) is 10.0. The molecule has 0 aliphatic rings. The first kappa shape index (κ1) is 20.9. The smallest absolute Gasteiger partial charge is 0.257 e. The molecule has 2 heterocycles. The Morgan fingerprint density at radius 1 is 1.31 bits per heavy atom. The topological polar surface area (TPSA) is 77.1 Å². The Hall–Kier alpha value is -2.87. The molecule has 2 aromatic heterocycles. The number of amides is 1. The largest absolute Gasteiger partial charge is 0.467 e. The van der Waals surface area contributed by atoms with Crippen LogP contribution in [0.15, 0.2) is 57.0 Å². The monoisotopic (exact) mass is 415 g/mol. The lowest BCUT2D eigenvalue weighted by molar-refractivity contribution is -0.120. The Kier molecular flexibility index (Phi) is 6.53. The molecule has 1 atom stereocenters. The zero-order chi connectivity index (χ0) is 21.0. The van der Waals surface area contributed by atoms with E-state index < -0.39 is 5.25 Å². The van der Waals surface area contributed by atoms with E-state index in [2.05, 4.69) is 10.3 Å². The number of halogens is 1. The summed E-state index contributed by atoms with van der Waals surface area (Å²) in [7, 11) is 1.64. The normalized spacial score (nSPS) is 12.0. The van der Waals surface area contributed by atoms with Crippen molar-refractivity contribution in [3.63, 3.8) is 0 Å². The molecule has 0 aliphatic carbocycles. The molecule has 1 aromatic carbocycles. The van der Waals surface area contributed by atoms with E-state index in [0.29, 0.717) is 35.1 Å². The number of furan rings is 1. The molecule has 0 saturated carbocycles. The van der Waals surface area contributed by atoms with Crippen molar-refractivity contribution in [1.29, 1.82) is 0 Å². The quantitative estimate of drug-likeness (QED) is 0.474. The van der Waals surface area contributed by atoms with Gasteiger partial charge in [-0.2, -0.15) is 0 Å². The van der Waals surface area contributed by atoms with Crippen LogP contribution in [-0.2, 0) is 24.8 Å². The molecule has 0 saturated heterocycles. The van der Waals surface area contributed by atoms with Gasteiger partial charge in [0.1, 0.15) is 11.6 Å². The molecule has 6 nitrogen and oxygen atoms in total. The molecule has 0 radical (unpaired) electrons. The van der Waals surface area contributed by atoms with Gasteiger partial charge in [-0.1, -0.05) is 23.9 Å². The van der Waals surface area contributed by atoms with E-state index in [1.807, 2.05) is 0 Å². The molecular formula is C21H22FN3O3S. The second kappa shape index (κ2) is 9.09. The van der Waals surface area contributed by atoms with Crippen LogP contribution in [0.25, 0.3) is 0 Å². The van der Waals surface area contributed by atoms with Gasteiger partial charge in [0.15, 0.2) is 5.16 Å². The van der Waals surface area contributed by atoms with E-state index in [4.69, 9.17) is 4.42 Å². The van der Waals surface area contributed by atoms with E-state index in [1.165, 1.54) is 28.5 Å². The maximum Gasteiger partial charge on any atom is 0.257 e. The lowest BCUT2D eigenvalue weighted by atomic mass is 10.1. The van der Waals surface area contributed by atoms with E-state index in [9.17, 15) is 14.0 Å². The summed E-state index contributed by atoms with van der Waals surface area (Å²) in [6.07, 6.45) is 1.92. The maximum atomic E-state index is 13.1. The standard InChI is InChI=1S/C21H22FN3O3S/c1-13-18(11-15-6-8-16(22)9-7-15)20(27)25(3)21(24-13)29-14(2)19(26)23-12-17-5-4-10-28-17/h4-10,14H,11-12H2,1-3H3,(H,23,26). The predicted molar refractivity (Wildman–Crippen MR) is 109 cm³/mol. The van der Waals surface area contributed by atoms with Crippen LogP contribution in [0.4, 0.5) is 4.39 Å². The molecule has 0 fully saturated rings. The first-order chi connectivity index (χ1) is 13.8. The van der Waals surface area contributed by atoms with Gasteiger partial charge < -0.3 is 9.73 Å². The highest BCUT2D eigenvalue weighted by molar-refractivity contribution is 8.00. The van der Waals surface area contributed by atoms with Crippen LogP contribution in [0, 0.1) is 12.7 Å². The third-order valence-electron chi connectivity index (χ3n) is 4.51. The summed E-state index contributed by atoms with van der Waals surface area (Å²) in [6.45, 7) is 3.83. The summed E-state index contributed by atoms with van der Waals surface area (Å²) in [5.74, 6) is 0.179. The van der Waals surface area contributed by atoms with Crippen LogP contribution < -0.4 is 10.9 Å². The van der Waals surface area contributed by atoms with Crippen molar-refractivity contribution < 1.29 is 13.6 Å². The van der Waals surface area contributed by atoms with Crippen LogP contribution in [-0.4, -0.2) is 20.7 Å². The molecule has 1 N–H and O–H groups in total. The SMILES string of the molecule is Cc1nc(SC(C)C(=O)NCc2ccco2)n(C)c(=O)c1Cc1ccc(F)cc1. The van der Waals surface area contributed by atoms with Gasteiger partial charge in [0.05, 0.1) is 18.1 Å². The van der Waals surface area contributed by atoms with Crippen molar-refractivity contribution >= 4 is 17.7 Å². The zero-order valence-electron chi connectivity index (χ0n) is 16.4. The first-order valence-electron chi connectivity index (χ1n) is 9.13. The van der Waals surface area contributed by atoms with Crippen molar-refractivity contribution in [2.75, 3.05) is 0 Å². The van der Waals surface area contributed by atoms with Gasteiger partial charge in [-0.3, -0.25) is 14.2 Å². The average Bonchev–Trinajstić information content (AvgIpc) is 3.22. The molecular weight excluding hydrogens is 393 g/mol. The van der Waals surface area contributed by atoms with Gasteiger partial charge in [0, 0.05) is 24.7 Å². The highest BCUT2D eigenvalue weighted by atomic mass is 32.2. The molecule has 8 heteroatoms. The number of benzene rings is 1. The number of aryl methyl sites for hydroxylation is 1. The van der Waals surface area contributed by atoms with Crippen LogP contribution in [0.5, 0.6) is 0 Å². The zero-order valence-corrected chi connectivity index (χ0v) is 17.3. The lowest BCUT2D eigenvalue weighted by Gasteiger charge is -2.15. The second-order valence-corrected chi connectivity index (χ2v) is 7.99. The number of nitrogens with one attached hydrogen (secondary N) is 1. The minimum atomic E-state index is -0.439. The van der Waals surface area contributed by atoms with Gasteiger partial charge in [-0.15, -0.1) is 0 Å². The molecule has 3 rings (SSSR count). The molecule has 1 amide bonds. The summed E-state index contributed by atoms with van der Waals surface area (Å²) in [6, 6.07) is 9.60. The van der Waals surface area contributed by atoms with E-state index >= 15 is 0 Å². The predicted octanol–water partition coefficient (Wildman–Crippen LogP) is 3.21. The fraction of sp³-hybridized carbons (Fsp3) is 0.286. The van der Waals surface area contributed by atoms with Crippen molar-refractivity contribution in [3.8, 4) is 0 Å². The van der Waals surface area contributed by atoms with Gasteiger partial charge in [-0.05, 0) is 43.7 Å². The summed E-state index contributed by atoms with van der Waals surface area (Å²) >= 11 is 1.22. The molecule has 1 unspecified atom stereocenters. The Labute approximate surface area is 172 Å².